The predicted octanol–water partition coefficient (Wildman–Crippen LogP) is 2.43. The number of benzene rings is 1. The van der Waals surface area contributed by atoms with E-state index < -0.39 is 0 Å². The Kier molecular flexibility index (Phi) is 2.23. The van der Waals surface area contributed by atoms with Gasteiger partial charge in [0.15, 0.2) is 0 Å². The van der Waals surface area contributed by atoms with Crippen LogP contribution in [0.25, 0.3) is 0 Å². The van der Waals surface area contributed by atoms with Gasteiger partial charge < -0.3 is 10.5 Å². The highest BCUT2D eigenvalue weighted by atomic mass is 16.5. The SMILES string of the molecule is Cc1cccc(N)c1C1CCCO1. The lowest BCUT2D eigenvalue weighted by Gasteiger charge is -2.15. The van der Waals surface area contributed by atoms with Crippen molar-refractivity contribution in [3.05, 3.63) is 29.3 Å². The molecule has 2 nitrogen and oxygen atoms in total. The molecule has 0 saturated carbocycles. The molecule has 1 saturated heterocycles. The summed E-state index contributed by atoms with van der Waals surface area (Å²) in [5.41, 5.74) is 9.23. The van der Waals surface area contributed by atoms with E-state index in [9.17, 15) is 0 Å². The summed E-state index contributed by atoms with van der Waals surface area (Å²) >= 11 is 0. The summed E-state index contributed by atoms with van der Waals surface area (Å²) in [7, 11) is 0. The van der Waals surface area contributed by atoms with Gasteiger partial charge in [-0.2, -0.15) is 0 Å². The Labute approximate surface area is 78.7 Å². The topological polar surface area (TPSA) is 35.2 Å². The average Bonchev–Trinajstić information content (AvgIpc) is 2.57. The van der Waals surface area contributed by atoms with Gasteiger partial charge in [-0.25, -0.2) is 0 Å². The van der Waals surface area contributed by atoms with Crippen molar-refractivity contribution in [2.24, 2.45) is 0 Å². The average molecular weight is 177 g/mol. The van der Waals surface area contributed by atoms with Crippen molar-refractivity contribution < 1.29 is 4.74 Å². The molecule has 0 aliphatic carbocycles. The lowest BCUT2D eigenvalue weighted by atomic mass is 9.99. The molecule has 0 aromatic heterocycles. The standard InChI is InChI=1S/C11H15NO/c1-8-4-2-5-9(12)11(8)10-6-3-7-13-10/h2,4-5,10H,3,6-7,12H2,1H3. The first kappa shape index (κ1) is 8.57. The molecule has 13 heavy (non-hydrogen) atoms. The number of rotatable bonds is 1. The normalized spacial score (nSPS) is 22.1. The van der Waals surface area contributed by atoms with Crippen molar-refractivity contribution in [2.75, 3.05) is 12.3 Å². The van der Waals surface area contributed by atoms with Crippen molar-refractivity contribution in [1.82, 2.24) is 0 Å². The zero-order chi connectivity index (χ0) is 9.26. The third-order valence-corrected chi connectivity index (χ3v) is 2.61. The van der Waals surface area contributed by atoms with Gasteiger partial charge in [0.05, 0.1) is 6.10 Å². The summed E-state index contributed by atoms with van der Waals surface area (Å²) in [5, 5.41) is 0. The number of nitrogens with two attached hydrogens (primary N) is 1. The Morgan fingerprint density at radius 2 is 2.31 bits per heavy atom. The second kappa shape index (κ2) is 3.38. The van der Waals surface area contributed by atoms with Gasteiger partial charge in [0.2, 0.25) is 0 Å². The summed E-state index contributed by atoms with van der Waals surface area (Å²) < 4.78 is 5.62. The van der Waals surface area contributed by atoms with Crippen LogP contribution in [-0.4, -0.2) is 6.61 Å². The highest BCUT2D eigenvalue weighted by Gasteiger charge is 2.21. The molecule has 1 aromatic rings. The molecule has 1 aliphatic heterocycles. The maximum Gasteiger partial charge on any atom is 0.0848 e. The number of hydrogen-bond acceptors (Lipinski definition) is 2. The third kappa shape index (κ3) is 1.54. The van der Waals surface area contributed by atoms with Gasteiger partial charge in [0.1, 0.15) is 0 Å². The second-order valence-corrected chi connectivity index (χ2v) is 3.58. The van der Waals surface area contributed by atoms with Gasteiger partial charge >= 0.3 is 0 Å². The van der Waals surface area contributed by atoms with E-state index in [1.54, 1.807) is 0 Å². The maximum absolute atomic E-state index is 5.92. The monoisotopic (exact) mass is 177 g/mol. The largest absolute Gasteiger partial charge is 0.398 e. The van der Waals surface area contributed by atoms with Gasteiger partial charge in [-0.05, 0) is 31.4 Å². The van der Waals surface area contributed by atoms with Crippen LogP contribution in [0.5, 0.6) is 0 Å². The number of aryl methyl sites for hydroxylation is 1. The van der Waals surface area contributed by atoms with Crippen LogP contribution in [0.2, 0.25) is 0 Å². The van der Waals surface area contributed by atoms with Gasteiger partial charge in [-0.1, -0.05) is 12.1 Å². The maximum atomic E-state index is 5.92. The molecule has 0 spiro atoms. The van der Waals surface area contributed by atoms with E-state index in [0.29, 0.717) is 0 Å². The van der Waals surface area contributed by atoms with Crippen LogP contribution in [0.4, 0.5) is 5.69 Å². The van der Waals surface area contributed by atoms with Gasteiger partial charge in [-0.3, -0.25) is 0 Å². The van der Waals surface area contributed by atoms with E-state index in [-0.39, 0.29) is 6.10 Å². The summed E-state index contributed by atoms with van der Waals surface area (Å²) in [5.74, 6) is 0. The predicted molar refractivity (Wildman–Crippen MR) is 53.5 cm³/mol. The van der Waals surface area contributed by atoms with Crippen molar-refractivity contribution in [2.45, 2.75) is 25.9 Å². The third-order valence-electron chi connectivity index (χ3n) is 2.61. The smallest absolute Gasteiger partial charge is 0.0848 e. The number of anilines is 1. The Morgan fingerprint density at radius 3 is 2.92 bits per heavy atom. The quantitative estimate of drug-likeness (QED) is 0.669. The fourth-order valence-electron chi connectivity index (χ4n) is 1.95. The fraction of sp³-hybridized carbons (Fsp3) is 0.455. The van der Waals surface area contributed by atoms with E-state index in [1.807, 2.05) is 12.1 Å². The molecule has 0 radical (unpaired) electrons. The zero-order valence-electron chi connectivity index (χ0n) is 7.92. The van der Waals surface area contributed by atoms with Crippen molar-refractivity contribution in [3.8, 4) is 0 Å². The molecule has 1 aromatic carbocycles. The Morgan fingerprint density at radius 1 is 1.46 bits per heavy atom. The van der Waals surface area contributed by atoms with Crippen LogP contribution >= 0.6 is 0 Å². The molecule has 2 rings (SSSR count). The minimum Gasteiger partial charge on any atom is -0.398 e. The molecule has 2 heteroatoms. The van der Waals surface area contributed by atoms with E-state index >= 15 is 0 Å². The lowest BCUT2D eigenvalue weighted by Crippen LogP contribution is -2.03. The molecule has 2 N–H and O–H groups in total. The van der Waals surface area contributed by atoms with E-state index in [2.05, 4.69) is 13.0 Å². The molecular formula is C11H15NO. The summed E-state index contributed by atoms with van der Waals surface area (Å²) in [6, 6.07) is 6.03. The molecular weight excluding hydrogens is 162 g/mol. The van der Waals surface area contributed by atoms with Crippen molar-refractivity contribution in [3.63, 3.8) is 0 Å². The minimum atomic E-state index is 0.237. The Balaban J connectivity index is 2.37. The lowest BCUT2D eigenvalue weighted by molar-refractivity contribution is 0.112. The summed E-state index contributed by atoms with van der Waals surface area (Å²) in [4.78, 5) is 0. The molecule has 0 bridgehead atoms. The van der Waals surface area contributed by atoms with Crippen LogP contribution in [-0.2, 0) is 4.74 Å². The first-order valence-electron chi connectivity index (χ1n) is 4.75. The minimum absolute atomic E-state index is 0.237. The van der Waals surface area contributed by atoms with Crippen LogP contribution in [0.1, 0.15) is 30.1 Å². The summed E-state index contributed by atoms with van der Waals surface area (Å²) in [6.45, 7) is 2.96. The van der Waals surface area contributed by atoms with Crippen LogP contribution in [0, 0.1) is 6.92 Å². The van der Waals surface area contributed by atoms with Gasteiger partial charge in [0, 0.05) is 17.9 Å². The molecule has 0 amide bonds. The van der Waals surface area contributed by atoms with E-state index in [4.69, 9.17) is 10.5 Å². The van der Waals surface area contributed by atoms with E-state index in [1.165, 1.54) is 11.1 Å². The van der Waals surface area contributed by atoms with Crippen LogP contribution < -0.4 is 5.73 Å². The Bertz CT molecular complexity index is 283. The Hall–Kier alpha value is -1.02. The second-order valence-electron chi connectivity index (χ2n) is 3.58. The first-order valence-corrected chi connectivity index (χ1v) is 4.75. The molecule has 1 atom stereocenters. The molecule has 1 heterocycles. The number of ether oxygens (including phenoxy) is 1. The molecule has 70 valence electrons. The van der Waals surface area contributed by atoms with Crippen molar-refractivity contribution >= 4 is 5.69 Å². The number of hydrogen-bond donors (Lipinski definition) is 1. The number of nitrogen functional groups attached to an aromatic ring is 1. The van der Waals surface area contributed by atoms with Crippen LogP contribution in [0.3, 0.4) is 0 Å². The fourth-order valence-corrected chi connectivity index (χ4v) is 1.95. The van der Waals surface area contributed by atoms with Gasteiger partial charge in [-0.15, -0.1) is 0 Å². The highest BCUT2D eigenvalue weighted by molar-refractivity contribution is 5.52. The van der Waals surface area contributed by atoms with E-state index in [0.717, 1.165) is 25.1 Å². The summed E-state index contributed by atoms with van der Waals surface area (Å²) in [6.07, 6.45) is 2.49. The molecule has 1 fully saturated rings. The highest BCUT2D eigenvalue weighted by Crippen LogP contribution is 2.34. The van der Waals surface area contributed by atoms with Gasteiger partial charge in [0.25, 0.3) is 0 Å². The zero-order valence-corrected chi connectivity index (χ0v) is 7.92. The van der Waals surface area contributed by atoms with Crippen molar-refractivity contribution in [1.29, 1.82) is 0 Å². The first-order chi connectivity index (χ1) is 6.29. The van der Waals surface area contributed by atoms with Crippen LogP contribution in [0.15, 0.2) is 18.2 Å². The molecule has 1 unspecified atom stereocenters. The molecule has 1 aliphatic rings.